The highest BCUT2D eigenvalue weighted by molar-refractivity contribution is 5.76. The molecule has 7 heteroatoms. The molecule has 1 aromatic rings. The first-order chi connectivity index (χ1) is 11.7. The van der Waals surface area contributed by atoms with E-state index in [4.69, 9.17) is 9.26 Å². The number of aromatic nitrogens is 2. The van der Waals surface area contributed by atoms with Crippen LogP contribution in [0, 0.1) is 0 Å². The van der Waals surface area contributed by atoms with E-state index >= 15 is 0 Å². The van der Waals surface area contributed by atoms with Crippen molar-refractivity contribution in [2.24, 2.45) is 0 Å². The van der Waals surface area contributed by atoms with Gasteiger partial charge in [0.2, 0.25) is 11.8 Å². The number of hydrogen-bond acceptors (Lipinski definition) is 6. The molecule has 2 aliphatic heterocycles. The Morgan fingerprint density at radius 2 is 2.08 bits per heavy atom. The number of hydrogen-bond donors (Lipinski definition) is 0. The molecule has 0 unspecified atom stereocenters. The molecule has 0 aromatic carbocycles. The average Bonchev–Trinajstić information content (AvgIpc) is 3.32. The maximum Gasteiger partial charge on any atom is 0.240 e. The number of carbonyl (C=O) groups excluding carboxylic acids is 1. The van der Waals surface area contributed by atoms with Crippen molar-refractivity contribution < 1.29 is 14.1 Å². The number of rotatable bonds is 7. The van der Waals surface area contributed by atoms with Gasteiger partial charge in [0, 0.05) is 38.6 Å². The van der Waals surface area contributed by atoms with Gasteiger partial charge in [0.1, 0.15) is 0 Å². The van der Waals surface area contributed by atoms with Gasteiger partial charge in [0.15, 0.2) is 5.82 Å². The van der Waals surface area contributed by atoms with Crippen molar-refractivity contribution in [2.45, 2.75) is 64.1 Å². The number of ether oxygens (including phenoxy) is 1. The monoisotopic (exact) mass is 336 g/mol. The van der Waals surface area contributed by atoms with Crippen LogP contribution in [0.4, 0.5) is 0 Å². The molecule has 0 radical (unpaired) electrons. The lowest BCUT2D eigenvalue weighted by molar-refractivity contribution is -0.132. The van der Waals surface area contributed by atoms with Gasteiger partial charge in [0.25, 0.3) is 0 Å². The average molecular weight is 336 g/mol. The van der Waals surface area contributed by atoms with Crippen LogP contribution in [-0.2, 0) is 22.5 Å². The van der Waals surface area contributed by atoms with Gasteiger partial charge in [0.05, 0.1) is 13.2 Å². The van der Waals surface area contributed by atoms with Crippen LogP contribution in [0.15, 0.2) is 4.52 Å². The van der Waals surface area contributed by atoms with Gasteiger partial charge in [-0.1, -0.05) is 12.1 Å². The highest BCUT2D eigenvalue weighted by Crippen LogP contribution is 2.31. The van der Waals surface area contributed by atoms with Crippen LogP contribution < -0.4 is 0 Å². The van der Waals surface area contributed by atoms with Crippen LogP contribution in [0.25, 0.3) is 0 Å². The SMILES string of the molecule is CCC(=O)N1CCC[C@@H]1[C@H]1CCCN1Cc1nc(CCOC)no1. The van der Waals surface area contributed by atoms with Gasteiger partial charge in [-0.3, -0.25) is 9.69 Å². The Morgan fingerprint density at radius 3 is 2.88 bits per heavy atom. The zero-order valence-corrected chi connectivity index (χ0v) is 14.7. The second-order valence-electron chi connectivity index (χ2n) is 6.68. The number of likely N-dealkylation sites (tertiary alicyclic amines) is 2. The van der Waals surface area contributed by atoms with Crippen molar-refractivity contribution in [2.75, 3.05) is 26.8 Å². The van der Waals surface area contributed by atoms with Crippen LogP contribution in [0.2, 0.25) is 0 Å². The number of carbonyl (C=O) groups is 1. The van der Waals surface area contributed by atoms with Crippen LogP contribution in [-0.4, -0.2) is 64.7 Å². The minimum atomic E-state index is 0.281. The first-order valence-corrected chi connectivity index (χ1v) is 9.06. The molecule has 134 valence electrons. The lowest BCUT2D eigenvalue weighted by Gasteiger charge is -2.34. The summed E-state index contributed by atoms with van der Waals surface area (Å²) in [6.07, 6.45) is 5.79. The van der Waals surface area contributed by atoms with Crippen molar-refractivity contribution in [1.29, 1.82) is 0 Å². The molecule has 0 N–H and O–H groups in total. The van der Waals surface area contributed by atoms with Crippen molar-refractivity contribution in [3.05, 3.63) is 11.7 Å². The Bertz CT molecular complexity index is 548. The van der Waals surface area contributed by atoms with E-state index in [9.17, 15) is 4.79 Å². The molecule has 24 heavy (non-hydrogen) atoms. The summed E-state index contributed by atoms with van der Waals surface area (Å²) in [4.78, 5) is 21.2. The van der Waals surface area contributed by atoms with E-state index in [1.165, 1.54) is 6.42 Å². The third-order valence-electron chi connectivity index (χ3n) is 5.16. The standard InChI is InChI=1S/C17H28N4O3/c1-3-17(22)21-10-5-7-14(21)13-6-4-9-20(13)12-16-18-15(19-24-16)8-11-23-2/h13-14H,3-12H2,1-2H3/t13-,14-/m1/s1. The van der Waals surface area contributed by atoms with E-state index in [2.05, 4.69) is 19.9 Å². The van der Waals surface area contributed by atoms with Crippen molar-refractivity contribution in [3.8, 4) is 0 Å². The Hall–Kier alpha value is -1.47. The molecular formula is C17H28N4O3. The predicted octanol–water partition coefficient (Wildman–Crippen LogP) is 1.62. The summed E-state index contributed by atoms with van der Waals surface area (Å²) in [5.74, 6) is 1.65. The van der Waals surface area contributed by atoms with E-state index in [1.54, 1.807) is 7.11 Å². The van der Waals surface area contributed by atoms with Crippen molar-refractivity contribution in [1.82, 2.24) is 19.9 Å². The lowest BCUT2D eigenvalue weighted by Crippen LogP contribution is -2.47. The molecule has 0 spiro atoms. The summed E-state index contributed by atoms with van der Waals surface area (Å²) in [5, 5.41) is 4.02. The minimum absolute atomic E-state index is 0.281. The first kappa shape index (κ1) is 17.4. The predicted molar refractivity (Wildman–Crippen MR) is 88.3 cm³/mol. The molecule has 2 fully saturated rings. The second kappa shape index (κ2) is 8.07. The molecule has 3 rings (SSSR count). The summed E-state index contributed by atoms with van der Waals surface area (Å²) in [6.45, 7) is 5.16. The van der Waals surface area contributed by atoms with E-state index in [0.29, 0.717) is 49.8 Å². The number of amides is 1. The van der Waals surface area contributed by atoms with Gasteiger partial charge in [-0.25, -0.2) is 0 Å². The van der Waals surface area contributed by atoms with Crippen LogP contribution in [0.3, 0.4) is 0 Å². The topological polar surface area (TPSA) is 71.7 Å². The van der Waals surface area contributed by atoms with E-state index < -0.39 is 0 Å². The normalized spacial score (nSPS) is 24.8. The van der Waals surface area contributed by atoms with Crippen molar-refractivity contribution >= 4 is 5.91 Å². The summed E-state index contributed by atoms with van der Waals surface area (Å²) in [6, 6.07) is 0.758. The minimum Gasteiger partial charge on any atom is -0.384 e. The first-order valence-electron chi connectivity index (χ1n) is 9.06. The molecule has 0 bridgehead atoms. The van der Waals surface area contributed by atoms with Crippen LogP contribution in [0.1, 0.15) is 50.7 Å². The molecule has 0 aliphatic carbocycles. The largest absolute Gasteiger partial charge is 0.384 e. The highest BCUT2D eigenvalue weighted by Gasteiger charge is 2.39. The lowest BCUT2D eigenvalue weighted by atomic mass is 10.0. The third-order valence-corrected chi connectivity index (χ3v) is 5.16. The maximum atomic E-state index is 12.2. The fraction of sp³-hybridized carbons (Fsp3) is 0.824. The number of nitrogens with zero attached hydrogens (tertiary/aromatic N) is 4. The zero-order chi connectivity index (χ0) is 16.9. The van der Waals surface area contributed by atoms with Gasteiger partial charge in [-0.2, -0.15) is 4.98 Å². The molecule has 7 nitrogen and oxygen atoms in total. The van der Waals surface area contributed by atoms with Crippen molar-refractivity contribution in [3.63, 3.8) is 0 Å². The summed E-state index contributed by atoms with van der Waals surface area (Å²) < 4.78 is 10.4. The zero-order valence-electron chi connectivity index (χ0n) is 14.7. The van der Waals surface area contributed by atoms with Gasteiger partial charge >= 0.3 is 0 Å². The van der Waals surface area contributed by atoms with Gasteiger partial charge < -0.3 is 14.2 Å². The van der Waals surface area contributed by atoms with E-state index in [1.807, 2.05) is 6.92 Å². The number of methoxy groups -OCH3 is 1. The fourth-order valence-electron chi connectivity index (χ4n) is 4.01. The van der Waals surface area contributed by atoms with Gasteiger partial charge in [-0.05, 0) is 32.2 Å². The Kier molecular flexibility index (Phi) is 5.84. The molecule has 1 aromatic heterocycles. The fourth-order valence-corrected chi connectivity index (χ4v) is 4.01. The second-order valence-corrected chi connectivity index (χ2v) is 6.68. The molecule has 2 saturated heterocycles. The molecule has 2 atom stereocenters. The molecular weight excluding hydrogens is 308 g/mol. The molecule has 1 amide bonds. The Balaban J connectivity index is 1.63. The quantitative estimate of drug-likeness (QED) is 0.753. The van der Waals surface area contributed by atoms with Crippen LogP contribution in [0.5, 0.6) is 0 Å². The highest BCUT2D eigenvalue weighted by atomic mass is 16.5. The Morgan fingerprint density at radius 1 is 1.29 bits per heavy atom. The van der Waals surface area contributed by atoms with E-state index in [-0.39, 0.29) is 5.91 Å². The maximum absolute atomic E-state index is 12.2. The summed E-state index contributed by atoms with van der Waals surface area (Å²) >= 11 is 0. The smallest absolute Gasteiger partial charge is 0.240 e. The summed E-state index contributed by atoms with van der Waals surface area (Å²) in [5.41, 5.74) is 0. The Labute approximate surface area is 143 Å². The van der Waals surface area contributed by atoms with Gasteiger partial charge in [-0.15, -0.1) is 0 Å². The summed E-state index contributed by atoms with van der Waals surface area (Å²) in [7, 11) is 1.67. The third kappa shape index (κ3) is 3.78. The molecule has 2 aliphatic rings. The van der Waals surface area contributed by atoms with Crippen LogP contribution >= 0.6 is 0 Å². The molecule has 3 heterocycles. The molecule has 0 saturated carbocycles. The van der Waals surface area contributed by atoms with E-state index in [0.717, 1.165) is 32.4 Å².